The number of fused-ring (bicyclic) bond motifs is 2. The van der Waals surface area contributed by atoms with Crippen molar-refractivity contribution in [1.82, 2.24) is 29.3 Å². The smallest absolute Gasteiger partial charge is 0.262 e. The van der Waals surface area contributed by atoms with Crippen molar-refractivity contribution < 1.29 is 5.11 Å². The Morgan fingerprint density at radius 2 is 1.97 bits per heavy atom. The number of nitrogens with zero attached hydrogens (tertiary/aromatic N) is 6. The summed E-state index contributed by atoms with van der Waals surface area (Å²) in [6, 6.07) is 9.46. The quantitative estimate of drug-likeness (QED) is 0.367. The number of anilines is 4. The van der Waals surface area contributed by atoms with Crippen LogP contribution in [0.2, 0.25) is 0 Å². The Balaban J connectivity index is 1.63. The molecule has 5 rings (SSSR count). The third-order valence-corrected chi connectivity index (χ3v) is 5.51. The van der Waals surface area contributed by atoms with Crippen molar-refractivity contribution in [3.63, 3.8) is 0 Å². The lowest BCUT2D eigenvalue weighted by molar-refractivity contribution is 0.274. The van der Waals surface area contributed by atoms with Crippen molar-refractivity contribution in [2.75, 3.05) is 17.2 Å². The normalized spacial score (nSPS) is 11.2. The Bertz CT molecular complexity index is 1530. The van der Waals surface area contributed by atoms with Gasteiger partial charge in [0.2, 0.25) is 0 Å². The Morgan fingerprint density at radius 1 is 1.09 bits per heavy atom. The topological polar surface area (TPSA) is 123 Å². The van der Waals surface area contributed by atoms with Crippen LogP contribution in [0.4, 0.5) is 23.1 Å². The molecule has 0 amide bonds. The van der Waals surface area contributed by atoms with E-state index >= 15 is 0 Å². The van der Waals surface area contributed by atoms with E-state index in [2.05, 4.69) is 30.7 Å². The van der Waals surface area contributed by atoms with Crippen molar-refractivity contribution in [2.45, 2.75) is 13.5 Å². The molecule has 0 aliphatic carbocycles. The van der Waals surface area contributed by atoms with E-state index in [1.54, 1.807) is 30.9 Å². The molecule has 33 heavy (non-hydrogen) atoms. The van der Waals surface area contributed by atoms with Gasteiger partial charge in [-0.05, 0) is 42.6 Å². The fraction of sp³-hybridized carbons (Fsp3) is 0.174. The molecule has 0 spiro atoms. The van der Waals surface area contributed by atoms with E-state index in [0.717, 1.165) is 22.3 Å². The number of benzene rings is 1. The standard InChI is InChI=1S/C23H22N8O2/c1-14-17-4-3-16(12-18(17)29-30(14)2)26-22-21-15(5-8-31(9-10-32)23(21)33)11-19(28-22)27-20-13-24-6-7-25-20/h3-8,11-13,32H,9-10H2,1-2H3,(H2,25,26,27,28). The molecule has 0 saturated heterocycles. The zero-order valence-corrected chi connectivity index (χ0v) is 18.1. The van der Waals surface area contributed by atoms with E-state index in [9.17, 15) is 9.90 Å². The average Bonchev–Trinajstić information content (AvgIpc) is 3.09. The van der Waals surface area contributed by atoms with Gasteiger partial charge in [-0.2, -0.15) is 5.10 Å². The minimum absolute atomic E-state index is 0.135. The van der Waals surface area contributed by atoms with Gasteiger partial charge in [-0.15, -0.1) is 0 Å². The number of aliphatic hydroxyl groups is 1. The van der Waals surface area contributed by atoms with Gasteiger partial charge >= 0.3 is 0 Å². The molecule has 0 fully saturated rings. The lowest BCUT2D eigenvalue weighted by atomic mass is 10.1. The van der Waals surface area contributed by atoms with Crippen LogP contribution in [0.3, 0.4) is 0 Å². The first kappa shape index (κ1) is 20.6. The molecule has 3 N–H and O–H groups in total. The summed E-state index contributed by atoms with van der Waals surface area (Å²) in [4.78, 5) is 26.1. The maximum Gasteiger partial charge on any atom is 0.262 e. The zero-order valence-electron chi connectivity index (χ0n) is 18.1. The third-order valence-electron chi connectivity index (χ3n) is 5.51. The SMILES string of the molecule is Cc1c2ccc(Nc3nc(Nc4cnccn4)cc4ccn(CCO)c(=O)c34)cc2nn1C. The highest BCUT2D eigenvalue weighted by molar-refractivity contribution is 5.95. The van der Waals surface area contributed by atoms with Crippen LogP contribution in [0, 0.1) is 6.92 Å². The molecule has 4 heterocycles. The van der Waals surface area contributed by atoms with Gasteiger partial charge in [0, 0.05) is 49.0 Å². The largest absolute Gasteiger partial charge is 0.395 e. The van der Waals surface area contributed by atoms with Crippen LogP contribution < -0.4 is 16.2 Å². The second kappa shape index (κ2) is 8.32. The van der Waals surface area contributed by atoms with Crippen molar-refractivity contribution in [3.8, 4) is 0 Å². The highest BCUT2D eigenvalue weighted by atomic mass is 16.3. The minimum atomic E-state index is -0.239. The first-order valence-corrected chi connectivity index (χ1v) is 10.4. The number of rotatable bonds is 6. The van der Waals surface area contributed by atoms with Crippen molar-refractivity contribution in [2.24, 2.45) is 7.05 Å². The van der Waals surface area contributed by atoms with Crippen LogP contribution in [0.15, 0.2) is 59.9 Å². The summed E-state index contributed by atoms with van der Waals surface area (Å²) in [6.45, 7) is 2.08. The summed E-state index contributed by atoms with van der Waals surface area (Å²) in [5, 5.41) is 22.5. The first-order chi connectivity index (χ1) is 16.0. The molecule has 166 valence electrons. The van der Waals surface area contributed by atoms with E-state index in [4.69, 9.17) is 0 Å². The molecule has 4 aromatic heterocycles. The average molecular weight is 442 g/mol. The Morgan fingerprint density at radius 3 is 2.76 bits per heavy atom. The monoisotopic (exact) mass is 442 g/mol. The second-order valence-electron chi connectivity index (χ2n) is 7.64. The molecular formula is C23H22N8O2. The number of hydrogen-bond acceptors (Lipinski definition) is 8. The van der Waals surface area contributed by atoms with Crippen molar-refractivity contribution >= 4 is 44.8 Å². The lowest BCUT2D eigenvalue weighted by Gasteiger charge is -2.14. The molecule has 1 aromatic carbocycles. The molecule has 0 saturated carbocycles. The van der Waals surface area contributed by atoms with Crippen LogP contribution >= 0.6 is 0 Å². The molecule has 0 atom stereocenters. The van der Waals surface area contributed by atoms with E-state index in [1.807, 2.05) is 42.9 Å². The van der Waals surface area contributed by atoms with Gasteiger partial charge in [-0.3, -0.25) is 14.5 Å². The number of aromatic nitrogens is 6. The molecule has 0 aliphatic rings. The Labute approximate surface area is 188 Å². The second-order valence-corrected chi connectivity index (χ2v) is 7.64. The fourth-order valence-electron chi connectivity index (χ4n) is 3.78. The van der Waals surface area contributed by atoms with Gasteiger partial charge in [-0.1, -0.05) is 0 Å². The predicted octanol–water partition coefficient (Wildman–Crippen LogP) is 2.86. The Kier molecular flexibility index (Phi) is 5.19. The van der Waals surface area contributed by atoms with Gasteiger partial charge in [0.25, 0.3) is 5.56 Å². The van der Waals surface area contributed by atoms with Gasteiger partial charge in [-0.25, -0.2) is 9.97 Å². The van der Waals surface area contributed by atoms with Gasteiger partial charge < -0.3 is 20.3 Å². The molecule has 0 unspecified atom stereocenters. The fourth-order valence-corrected chi connectivity index (χ4v) is 3.78. The number of nitrogens with one attached hydrogen (secondary N) is 2. The minimum Gasteiger partial charge on any atom is -0.395 e. The van der Waals surface area contributed by atoms with Gasteiger partial charge in [0.05, 0.1) is 23.7 Å². The van der Waals surface area contributed by atoms with Crippen molar-refractivity contribution in [1.29, 1.82) is 0 Å². The summed E-state index contributed by atoms with van der Waals surface area (Å²) >= 11 is 0. The highest BCUT2D eigenvalue weighted by Crippen LogP contribution is 2.28. The lowest BCUT2D eigenvalue weighted by Crippen LogP contribution is -2.22. The molecular weight excluding hydrogens is 420 g/mol. The molecule has 10 nitrogen and oxygen atoms in total. The van der Waals surface area contributed by atoms with Crippen LogP contribution in [-0.4, -0.2) is 41.0 Å². The summed E-state index contributed by atoms with van der Waals surface area (Å²) in [5.74, 6) is 1.44. The summed E-state index contributed by atoms with van der Waals surface area (Å²) in [7, 11) is 1.91. The molecule has 0 bridgehead atoms. The van der Waals surface area contributed by atoms with E-state index in [1.165, 1.54) is 4.57 Å². The van der Waals surface area contributed by atoms with Crippen LogP contribution in [-0.2, 0) is 13.6 Å². The molecule has 10 heteroatoms. The summed E-state index contributed by atoms with van der Waals surface area (Å²) in [5.41, 5.74) is 2.43. The number of hydrogen-bond donors (Lipinski definition) is 3. The highest BCUT2D eigenvalue weighted by Gasteiger charge is 2.14. The van der Waals surface area contributed by atoms with Crippen LogP contribution in [0.1, 0.15) is 5.69 Å². The van der Waals surface area contributed by atoms with E-state index in [0.29, 0.717) is 28.2 Å². The number of aryl methyl sites for hydroxylation is 2. The maximum absolute atomic E-state index is 13.2. The molecule has 5 aromatic rings. The van der Waals surface area contributed by atoms with Crippen LogP contribution in [0.5, 0.6) is 0 Å². The van der Waals surface area contributed by atoms with Gasteiger partial charge in [0.15, 0.2) is 0 Å². The number of aliphatic hydroxyl groups excluding tert-OH is 1. The van der Waals surface area contributed by atoms with E-state index < -0.39 is 0 Å². The maximum atomic E-state index is 13.2. The number of pyridine rings is 2. The van der Waals surface area contributed by atoms with Crippen molar-refractivity contribution in [3.05, 3.63) is 71.2 Å². The van der Waals surface area contributed by atoms with Gasteiger partial charge in [0.1, 0.15) is 17.5 Å². The predicted molar refractivity (Wildman–Crippen MR) is 127 cm³/mol. The third kappa shape index (κ3) is 3.87. The molecule has 0 aliphatic heterocycles. The summed E-state index contributed by atoms with van der Waals surface area (Å²) in [6.07, 6.45) is 6.43. The van der Waals surface area contributed by atoms with E-state index in [-0.39, 0.29) is 18.7 Å². The zero-order chi connectivity index (χ0) is 22.9. The Hall–Kier alpha value is -4.31. The van der Waals surface area contributed by atoms with Crippen LogP contribution in [0.25, 0.3) is 21.7 Å². The summed E-state index contributed by atoms with van der Waals surface area (Å²) < 4.78 is 3.30. The first-order valence-electron chi connectivity index (χ1n) is 10.4. The molecule has 0 radical (unpaired) electrons.